The normalized spacial score (nSPS) is 14.0. The highest BCUT2D eigenvalue weighted by molar-refractivity contribution is 5.38. The lowest BCUT2D eigenvalue weighted by molar-refractivity contribution is 0.615. The largest absolute Gasteiger partial charge is 0.309 e. The zero-order chi connectivity index (χ0) is 15.4. The van der Waals surface area contributed by atoms with E-state index in [0.717, 1.165) is 17.5 Å². The van der Waals surface area contributed by atoms with Crippen molar-refractivity contribution in [2.24, 2.45) is 0 Å². The van der Waals surface area contributed by atoms with E-state index in [2.05, 4.69) is 43.4 Å². The van der Waals surface area contributed by atoms with Gasteiger partial charge in [0, 0.05) is 0 Å². The average Bonchev–Trinajstić information content (AvgIpc) is 2.51. The summed E-state index contributed by atoms with van der Waals surface area (Å²) in [5.74, 6) is 0.384. The molecule has 0 fully saturated rings. The van der Waals surface area contributed by atoms with Crippen LogP contribution >= 0.6 is 0 Å². The molecule has 0 aromatic heterocycles. The molecule has 0 heterocycles. The Morgan fingerprint density at radius 1 is 1.05 bits per heavy atom. The Morgan fingerprint density at radius 3 is 2.24 bits per heavy atom. The van der Waals surface area contributed by atoms with Crippen LogP contribution in [0.4, 0.5) is 4.39 Å². The Morgan fingerprint density at radius 2 is 1.67 bits per heavy atom. The van der Waals surface area contributed by atoms with Crippen LogP contribution in [0, 0.1) is 12.7 Å². The van der Waals surface area contributed by atoms with Crippen molar-refractivity contribution in [3.8, 4) is 0 Å². The summed E-state index contributed by atoms with van der Waals surface area (Å²) in [6, 6.07) is 13.6. The highest BCUT2D eigenvalue weighted by Gasteiger charge is 2.15. The van der Waals surface area contributed by atoms with E-state index in [1.165, 1.54) is 17.2 Å². The fourth-order valence-electron chi connectivity index (χ4n) is 2.68. The molecule has 112 valence electrons. The molecule has 0 spiro atoms. The molecule has 2 unspecified atom stereocenters. The van der Waals surface area contributed by atoms with Crippen LogP contribution in [-0.2, 0) is 0 Å². The lowest BCUT2D eigenvalue weighted by Gasteiger charge is -2.20. The molecule has 0 bridgehead atoms. The van der Waals surface area contributed by atoms with Crippen molar-refractivity contribution in [2.75, 3.05) is 7.05 Å². The second-order valence-corrected chi connectivity index (χ2v) is 5.70. The van der Waals surface area contributed by atoms with E-state index in [1.54, 1.807) is 6.07 Å². The van der Waals surface area contributed by atoms with Crippen LogP contribution in [0.15, 0.2) is 42.5 Å². The first kappa shape index (κ1) is 15.7. The van der Waals surface area contributed by atoms with E-state index >= 15 is 0 Å². The number of benzene rings is 2. The molecular weight excluding hydrogens is 261 g/mol. The smallest absolute Gasteiger partial charge is 0.123 e. The van der Waals surface area contributed by atoms with Crippen LogP contribution < -0.4 is 5.32 Å². The van der Waals surface area contributed by atoms with Gasteiger partial charge in [-0.25, -0.2) is 4.39 Å². The van der Waals surface area contributed by atoms with Gasteiger partial charge < -0.3 is 5.32 Å². The van der Waals surface area contributed by atoms with Gasteiger partial charge in [0.05, 0.1) is 6.04 Å². The Hall–Kier alpha value is -1.67. The van der Waals surface area contributed by atoms with Gasteiger partial charge in [-0.2, -0.15) is 0 Å². The van der Waals surface area contributed by atoms with E-state index in [-0.39, 0.29) is 11.9 Å². The molecule has 1 nitrogen and oxygen atoms in total. The predicted molar refractivity (Wildman–Crippen MR) is 87.2 cm³/mol. The van der Waals surface area contributed by atoms with Crippen molar-refractivity contribution in [2.45, 2.75) is 39.2 Å². The van der Waals surface area contributed by atoms with Crippen LogP contribution in [0.2, 0.25) is 0 Å². The molecule has 21 heavy (non-hydrogen) atoms. The number of hydrogen-bond donors (Lipinski definition) is 1. The maximum atomic E-state index is 13.5. The van der Waals surface area contributed by atoms with E-state index in [4.69, 9.17) is 0 Å². The molecule has 2 aromatic carbocycles. The van der Waals surface area contributed by atoms with Crippen LogP contribution in [0.25, 0.3) is 0 Å². The lowest BCUT2D eigenvalue weighted by Crippen LogP contribution is -2.19. The second kappa shape index (κ2) is 6.86. The highest BCUT2D eigenvalue weighted by Crippen LogP contribution is 2.27. The third-order valence-corrected chi connectivity index (χ3v) is 4.29. The number of rotatable bonds is 5. The Kier molecular flexibility index (Phi) is 5.13. The molecule has 0 amide bonds. The van der Waals surface area contributed by atoms with Gasteiger partial charge in [0.1, 0.15) is 5.82 Å². The quantitative estimate of drug-likeness (QED) is 0.819. The first-order valence-electron chi connectivity index (χ1n) is 7.60. The number of hydrogen-bond acceptors (Lipinski definition) is 1. The molecule has 0 saturated carbocycles. The maximum absolute atomic E-state index is 13.5. The van der Waals surface area contributed by atoms with Gasteiger partial charge in [-0.1, -0.05) is 44.2 Å². The van der Waals surface area contributed by atoms with Crippen molar-refractivity contribution < 1.29 is 4.39 Å². The van der Waals surface area contributed by atoms with Gasteiger partial charge in [0.2, 0.25) is 0 Å². The van der Waals surface area contributed by atoms with Gasteiger partial charge >= 0.3 is 0 Å². The van der Waals surface area contributed by atoms with Gasteiger partial charge in [0.15, 0.2) is 0 Å². The summed E-state index contributed by atoms with van der Waals surface area (Å²) in [7, 11) is 1.91. The minimum absolute atomic E-state index is 0.0201. The molecule has 1 N–H and O–H groups in total. The summed E-state index contributed by atoms with van der Waals surface area (Å²) in [6.45, 7) is 6.46. The molecule has 2 atom stereocenters. The Balaban J connectivity index is 2.35. The number of halogens is 1. The average molecular weight is 285 g/mol. The predicted octanol–water partition coefficient (Wildman–Crippen LogP) is 4.96. The topological polar surface area (TPSA) is 12.0 Å². The Bertz CT molecular complexity index is 589. The summed E-state index contributed by atoms with van der Waals surface area (Å²) in [5, 5.41) is 3.30. The first-order chi connectivity index (χ1) is 10.1. The molecule has 0 aliphatic rings. The van der Waals surface area contributed by atoms with Crippen LogP contribution in [-0.4, -0.2) is 7.05 Å². The minimum Gasteiger partial charge on any atom is -0.309 e. The van der Waals surface area contributed by atoms with Crippen LogP contribution in [0.3, 0.4) is 0 Å². The van der Waals surface area contributed by atoms with Crippen molar-refractivity contribution in [1.29, 1.82) is 0 Å². The van der Waals surface area contributed by atoms with Gasteiger partial charge in [0.25, 0.3) is 0 Å². The van der Waals surface area contributed by atoms with Crippen molar-refractivity contribution >= 4 is 0 Å². The van der Waals surface area contributed by atoms with Crippen molar-refractivity contribution in [1.82, 2.24) is 5.32 Å². The molecule has 0 saturated heterocycles. The van der Waals surface area contributed by atoms with Crippen LogP contribution in [0.5, 0.6) is 0 Å². The van der Waals surface area contributed by atoms with Gasteiger partial charge in [-0.15, -0.1) is 0 Å². The van der Waals surface area contributed by atoms with E-state index in [0.29, 0.717) is 5.92 Å². The number of nitrogens with one attached hydrogen (secondary N) is 1. The fourth-order valence-corrected chi connectivity index (χ4v) is 2.68. The van der Waals surface area contributed by atoms with Crippen molar-refractivity contribution in [3.05, 3.63) is 70.5 Å². The minimum atomic E-state index is -0.188. The number of aryl methyl sites for hydroxylation is 1. The zero-order valence-corrected chi connectivity index (χ0v) is 13.3. The fraction of sp³-hybridized carbons (Fsp3) is 0.368. The van der Waals surface area contributed by atoms with Crippen molar-refractivity contribution in [3.63, 3.8) is 0 Å². The highest BCUT2D eigenvalue weighted by atomic mass is 19.1. The molecule has 0 aliphatic heterocycles. The molecule has 2 heteroatoms. The van der Waals surface area contributed by atoms with Gasteiger partial charge in [-0.05, 0) is 60.7 Å². The first-order valence-corrected chi connectivity index (χ1v) is 7.60. The molecule has 0 aliphatic carbocycles. The summed E-state index contributed by atoms with van der Waals surface area (Å²) in [4.78, 5) is 0. The molecule has 2 aromatic rings. The second-order valence-electron chi connectivity index (χ2n) is 5.70. The summed E-state index contributed by atoms with van der Waals surface area (Å²) in [5.41, 5.74) is 4.61. The Labute approximate surface area is 127 Å². The lowest BCUT2D eigenvalue weighted by atomic mass is 9.92. The van der Waals surface area contributed by atoms with Gasteiger partial charge in [-0.3, -0.25) is 0 Å². The molecule has 0 radical (unpaired) electrons. The summed E-state index contributed by atoms with van der Waals surface area (Å²) in [6.07, 6.45) is 1.14. The van der Waals surface area contributed by atoms with E-state index < -0.39 is 0 Å². The third-order valence-electron chi connectivity index (χ3n) is 4.29. The third kappa shape index (κ3) is 3.51. The monoisotopic (exact) mass is 285 g/mol. The van der Waals surface area contributed by atoms with Crippen LogP contribution in [0.1, 0.15) is 54.5 Å². The standard InChI is InChI=1S/C19H24FN/c1-5-13(2)15-7-9-16(10-8-15)19(21-4)18-12-17(20)11-6-14(18)3/h6-13,19,21H,5H2,1-4H3. The summed E-state index contributed by atoms with van der Waals surface area (Å²) < 4.78 is 13.5. The zero-order valence-electron chi connectivity index (χ0n) is 13.3. The van der Waals surface area contributed by atoms with E-state index in [1.807, 2.05) is 20.0 Å². The van der Waals surface area contributed by atoms with E-state index in [9.17, 15) is 4.39 Å². The molecule has 2 rings (SSSR count). The maximum Gasteiger partial charge on any atom is 0.123 e. The summed E-state index contributed by atoms with van der Waals surface area (Å²) >= 11 is 0. The SMILES string of the molecule is CCC(C)c1ccc(C(NC)c2cc(F)ccc2C)cc1. The molecular formula is C19H24FN.